The second-order valence-corrected chi connectivity index (χ2v) is 4.87. The van der Waals surface area contributed by atoms with Crippen LogP contribution in [0.25, 0.3) is 0 Å². The van der Waals surface area contributed by atoms with Gasteiger partial charge in [-0.25, -0.2) is 4.39 Å². The third kappa shape index (κ3) is 4.64. The lowest BCUT2D eigenvalue weighted by Crippen LogP contribution is -2.05. The first-order chi connectivity index (χ1) is 8.04. The van der Waals surface area contributed by atoms with Crippen LogP contribution in [-0.4, -0.2) is 12.6 Å². The van der Waals surface area contributed by atoms with Gasteiger partial charge in [0.15, 0.2) is 0 Å². The van der Waals surface area contributed by atoms with Crippen LogP contribution in [0.5, 0.6) is 0 Å². The Morgan fingerprint density at radius 2 is 2.29 bits per heavy atom. The smallest absolute Gasteiger partial charge is 0.305 e. The number of halogens is 3. The van der Waals surface area contributed by atoms with Crippen LogP contribution in [0.3, 0.4) is 0 Å². The van der Waals surface area contributed by atoms with E-state index in [2.05, 4.69) is 15.9 Å². The lowest BCUT2D eigenvalue weighted by Gasteiger charge is -2.10. The zero-order valence-corrected chi connectivity index (χ0v) is 11.7. The highest BCUT2D eigenvalue weighted by Crippen LogP contribution is 2.29. The molecular formula is C12H13BrClFO2. The van der Waals surface area contributed by atoms with Crippen molar-refractivity contribution >= 4 is 33.5 Å². The Morgan fingerprint density at radius 1 is 1.59 bits per heavy atom. The second-order valence-electron chi connectivity index (χ2n) is 3.48. The topological polar surface area (TPSA) is 26.3 Å². The number of hydrogen-bond donors (Lipinski definition) is 0. The first-order valence-corrected chi connectivity index (χ1v) is 6.52. The molecule has 0 bridgehead atoms. The van der Waals surface area contributed by atoms with Gasteiger partial charge >= 0.3 is 5.97 Å². The van der Waals surface area contributed by atoms with Gasteiger partial charge in [0.1, 0.15) is 5.82 Å². The molecule has 0 aromatic heterocycles. The van der Waals surface area contributed by atoms with E-state index in [1.54, 1.807) is 19.1 Å². The molecule has 0 aliphatic heterocycles. The van der Waals surface area contributed by atoms with Gasteiger partial charge in [-0.2, -0.15) is 0 Å². The maximum Gasteiger partial charge on any atom is 0.305 e. The molecule has 2 nitrogen and oxygen atoms in total. The van der Waals surface area contributed by atoms with Crippen LogP contribution < -0.4 is 0 Å². The number of benzene rings is 1. The molecule has 0 radical (unpaired) electrons. The van der Waals surface area contributed by atoms with Gasteiger partial charge in [-0.05, 0) is 47.0 Å². The fourth-order valence-corrected chi connectivity index (χ4v) is 1.99. The van der Waals surface area contributed by atoms with Crippen molar-refractivity contribution in [3.05, 3.63) is 34.1 Å². The summed E-state index contributed by atoms with van der Waals surface area (Å²) in [6, 6.07) is 4.58. The van der Waals surface area contributed by atoms with E-state index in [4.69, 9.17) is 16.3 Å². The molecule has 1 aromatic carbocycles. The van der Waals surface area contributed by atoms with Gasteiger partial charge in [0.25, 0.3) is 0 Å². The van der Waals surface area contributed by atoms with Crippen LogP contribution in [0.15, 0.2) is 22.7 Å². The van der Waals surface area contributed by atoms with Crippen LogP contribution >= 0.6 is 27.5 Å². The van der Waals surface area contributed by atoms with Gasteiger partial charge in [-0.3, -0.25) is 4.79 Å². The summed E-state index contributed by atoms with van der Waals surface area (Å²) in [5, 5.41) is -0.323. The van der Waals surface area contributed by atoms with Crippen molar-refractivity contribution in [2.45, 2.75) is 25.1 Å². The maximum atomic E-state index is 13.0. The van der Waals surface area contributed by atoms with Crippen molar-refractivity contribution in [1.82, 2.24) is 0 Å². The van der Waals surface area contributed by atoms with Gasteiger partial charge in [0, 0.05) is 6.42 Å². The minimum Gasteiger partial charge on any atom is -0.466 e. The summed E-state index contributed by atoms with van der Waals surface area (Å²) < 4.78 is 18.2. The summed E-state index contributed by atoms with van der Waals surface area (Å²) in [6.07, 6.45) is 0.732. The Labute approximate surface area is 113 Å². The maximum absolute atomic E-state index is 13.0. The summed E-state index contributed by atoms with van der Waals surface area (Å²) in [5.41, 5.74) is 0.782. The number of rotatable bonds is 5. The summed E-state index contributed by atoms with van der Waals surface area (Å²) >= 11 is 9.22. The Hall–Kier alpha value is -0.610. The average molecular weight is 324 g/mol. The third-order valence-corrected chi connectivity index (χ3v) is 3.29. The van der Waals surface area contributed by atoms with Crippen LogP contribution in [0.4, 0.5) is 4.39 Å². The zero-order valence-electron chi connectivity index (χ0n) is 9.38. The Morgan fingerprint density at radius 3 is 2.88 bits per heavy atom. The molecule has 0 fully saturated rings. The third-order valence-electron chi connectivity index (χ3n) is 2.21. The molecule has 1 rings (SSSR count). The standard InChI is InChI=1S/C12H13BrClFO2/c1-2-17-12(16)6-4-10(14)8-3-5-11(15)9(13)7-8/h3,5,7,10H,2,4,6H2,1H3. The second kappa shape index (κ2) is 6.97. The number of ether oxygens (including phenoxy) is 1. The first-order valence-electron chi connectivity index (χ1n) is 5.29. The predicted octanol–water partition coefficient (Wildman–Crippen LogP) is 4.21. The van der Waals surface area contributed by atoms with Gasteiger partial charge in [-0.15, -0.1) is 11.6 Å². The van der Waals surface area contributed by atoms with Crippen molar-refractivity contribution in [3.8, 4) is 0 Å². The summed E-state index contributed by atoms with van der Waals surface area (Å²) in [6.45, 7) is 2.13. The molecule has 1 unspecified atom stereocenters. The zero-order chi connectivity index (χ0) is 12.8. The molecule has 94 valence electrons. The molecule has 0 spiro atoms. The normalized spacial score (nSPS) is 12.2. The molecule has 0 N–H and O–H groups in total. The quantitative estimate of drug-likeness (QED) is 0.599. The largest absolute Gasteiger partial charge is 0.466 e. The molecule has 1 atom stereocenters. The number of hydrogen-bond acceptors (Lipinski definition) is 2. The highest BCUT2D eigenvalue weighted by molar-refractivity contribution is 9.10. The van der Waals surface area contributed by atoms with Crippen molar-refractivity contribution in [3.63, 3.8) is 0 Å². The van der Waals surface area contributed by atoms with E-state index in [1.165, 1.54) is 6.07 Å². The summed E-state index contributed by atoms with van der Waals surface area (Å²) in [5.74, 6) is -0.595. The molecule has 0 amide bonds. The van der Waals surface area contributed by atoms with Gasteiger partial charge in [0.05, 0.1) is 16.5 Å². The highest BCUT2D eigenvalue weighted by atomic mass is 79.9. The fourth-order valence-electron chi connectivity index (χ4n) is 1.35. The summed E-state index contributed by atoms with van der Waals surface area (Å²) in [4.78, 5) is 11.1. The Bertz CT molecular complexity index is 398. The van der Waals surface area contributed by atoms with Crippen LogP contribution in [0, 0.1) is 5.82 Å². The predicted molar refractivity (Wildman–Crippen MR) is 68.6 cm³/mol. The van der Waals surface area contributed by atoms with Crippen LogP contribution in [-0.2, 0) is 9.53 Å². The number of carbonyl (C=O) groups is 1. The lowest BCUT2D eigenvalue weighted by atomic mass is 10.1. The van der Waals surface area contributed by atoms with Gasteiger partial charge < -0.3 is 4.74 Å². The molecule has 0 aliphatic rings. The van der Waals surface area contributed by atoms with E-state index in [-0.39, 0.29) is 23.6 Å². The minimum atomic E-state index is -0.331. The van der Waals surface area contributed by atoms with E-state index < -0.39 is 0 Å². The lowest BCUT2D eigenvalue weighted by molar-refractivity contribution is -0.143. The minimum absolute atomic E-state index is 0.261. The molecule has 5 heteroatoms. The number of esters is 1. The molecule has 0 saturated heterocycles. The number of carbonyl (C=O) groups excluding carboxylic acids is 1. The fraction of sp³-hybridized carbons (Fsp3) is 0.417. The van der Waals surface area contributed by atoms with E-state index in [0.29, 0.717) is 17.5 Å². The van der Waals surface area contributed by atoms with Crippen molar-refractivity contribution in [2.24, 2.45) is 0 Å². The van der Waals surface area contributed by atoms with E-state index in [9.17, 15) is 9.18 Å². The van der Waals surface area contributed by atoms with Crippen molar-refractivity contribution in [1.29, 1.82) is 0 Å². The Kier molecular flexibility index (Phi) is 5.92. The molecule has 0 aliphatic carbocycles. The van der Waals surface area contributed by atoms with E-state index in [0.717, 1.165) is 5.56 Å². The van der Waals surface area contributed by atoms with E-state index >= 15 is 0 Å². The van der Waals surface area contributed by atoms with Gasteiger partial charge in [0.2, 0.25) is 0 Å². The average Bonchev–Trinajstić information content (AvgIpc) is 2.30. The Balaban J connectivity index is 2.54. The van der Waals surface area contributed by atoms with Crippen molar-refractivity contribution < 1.29 is 13.9 Å². The van der Waals surface area contributed by atoms with Crippen LogP contribution in [0.1, 0.15) is 30.7 Å². The monoisotopic (exact) mass is 322 g/mol. The molecule has 1 aromatic rings. The molecular weight excluding hydrogens is 310 g/mol. The van der Waals surface area contributed by atoms with E-state index in [1.807, 2.05) is 0 Å². The molecule has 0 saturated carbocycles. The molecule has 17 heavy (non-hydrogen) atoms. The summed E-state index contributed by atoms with van der Waals surface area (Å²) in [7, 11) is 0. The first kappa shape index (κ1) is 14.5. The number of alkyl halides is 1. The SMILES string of the molecule is CCOC(=O)CCC(Cl)c1ccc(F)c(Br)c1. The highest BCUT2D eigenvalue weighted by Gasteiger charge is 2.12. The van der Waals surface area contributed by atoms with Gasteiger partial charge in [-0.1, -0.05) is 6.07 Å². The molecule has 0 heterocycles. The van der Waals surface area contributed by atoms with Crippen molar-refractivity contribution in [2.75, 3.05) is 6.61 Å². The van der Waals surface area contributed by atoms with Crippen LogP contribution in [0.2, 0.25) is 0 Å².